The maximum absolute atomic E-state index is 2.45. The van der Waals surface area contributed by atoms with Crippen molar-refractivity contribution in [2.24, 2.45) is 0 Å². The van der Waals surface area contributed by atoms with Gasteiger partial charge in [0.1, 0.15) is 0 Å². The number of aromatic nitrogens is 2. The highest BCUT2D eigenvalue weighted by Gasteiger charge is 2.51. The fraction of sp³-hybridized carbons (Fsp3) is 0.0154. The van der Waals surface area contributed by atoms with Crippen LogP contribution in [0.1, 0.15) is 44.5 Å². The zero-order chi connectivity index (χ0) is 44.1. The Labute approximate surface area is 389 Å². The van der Waals surface area contributed by atoms with Gasteiger partial charge in [0.2, 0.25) is 0 Å². The van der Waals surface area contributed by atoms with E-state index < -0.39 is 5.41 Å². The van der Waals surface area contributed by atoms with Crippen molar-refractivity contribution in [3.8, 4) is 33.6 Å². The molecule has 0 amide bonds. The first-order chi connectivity index (χ1) is 33.2. The molecule has 0 unspecified atom stereocenters. The summed E-state index contributed by atoms with van der Waals surface area (Å²) in [7, 11) is 0. The van der Waals surface area contributed by atoms with Crippen LogP contribution in [0.4, 0.5) is 0 Å². The van der Waals surface area contributed by atoms with Crippen molar-refractivity contribution in [3.05, 3.63) is 275 Å². The second-order valence-corrected chi connectivity index (χ2v) is 18.0. The van der Waals surface area contributed by atoms with Gasteiger partial charge in [-0.2, -0.15) is 0 Å². The third-order valence-electron chi connectivity index (χ3n) is 14.5. The molecule has 0 radical (unpaired) electrons. The molecular formula is C65H42N2. The monoisotopic (exact) mass is 850 g/mol. The number of benzene rings is 10. The molecule has 312 valence electrons. The largest absolute Gasteiger partial charge is 0.309 e. The Bertz CT molecular complexity index is 3650. The first-order valence-electron chi connectivity index (χ1n) is 23.2. The molecule has 2 heterocycles. The summed E-state index contributed by atoms with van der Waals surface area (Å²) in [6.07, 6.45) is 9.06. The van der Waals surface area contributed by atoms with Crippen molar-refractivity contribution in [2.45, 2.75) is 5.41 Å². The quantitative estimate of drug-likeness (QED) is 0.148. The summed E-state index contributed by atoms with van der Waals surface area (Å²) < 4.78 is 4.75. The van der Waals surface area contributed by atoms with Crippen LogP contribution in [0.15, 0.2) is 231 Å². The molecule has 0 aliphatic heterocycles. The summed E-state index contributed by atoms with van der Waals surface area (Å²) in [5.74, 6) is 0. The molecule has 0 N–H and O–H groups in total. The van der Waals surface area contributed by atoms with Gasteiger partial charge in [-0.1, -0.05) is 194 Å². The van der Waals surface area contributed by atoms with Gasteiger partial charge in [0.25, 0.3) is 0 Å². The van der Waals surface area contributed by atoms with Gasteiger partial charge < -0.3 is 9.13 Å². The van der Waals surface area contributed by atoms with Crippen LogP contribution >= 0.6 is 0 Å². The van der Waals surface area contributed by atoms with E-state index in [0.717, 1.165) is 22.5 Å². The van der Waals surface area contributed by atoms with Gasteiger partial charge in [-0.3, -0.25) is 0 Å². The van der Waals surface area contributed by atoms with Crippen LogP contribution in [0.3, 0.4) is 0 Å². The lowest BCUT2D eigenvalue weighted by Gasteiger charge is -2.30. The lowest BCUT2D eigenvalue weighted by Crippen LogP contribution is -2.26. The Morgan fingerprint density at radius 3 is 0.940 bits per heavy atom. The van der Waals surface area contributed by atoms with Gasteiger partial charge in [0.15, 0.2) is 0 Å². The topological polar surface area (TPSA) is 9.86 Å². The van der Waals surface area contributed by atoms with E-state index in [0.29, 0.717) is 0 Å². The lowest BCUT2D eigenvalue weighted by atomic mass is 9.70. The van der Waals surface area contributed by atoms with Gasteiger partial charge in [0, 0.05) is 32.9 Å². The average molecular weight is 851 g/mol. The number of hydrogen-bond donors (Lipinski definition) is 0. The number of nitrogens with zero attached hydrogens (tertiary/aromatic N) is 2. The third kappa shape index (κ3) is 5.57. The first kappa shape index (κ1) is 37.6. The summed E-state index contributed by atoms with van der Waals surface area (Å²) in [4.78, 5) is 0. The van der Waals surface area contributed by atoms with Crippen molar-refractivity contribution in [1.82, 2.24) is 9.13 Å². The second kappa shape index (κ2) is 14.7. The van der Waals surface area contributed by atoms with Gasteiger partial charge in [-0.25, -0.2) is 0 Å². The minimum Gasteiger partial charge on any atom is -0.309 e. The van der Waals surface area contributed by atoms with Crippen molar-refractivity contribution in [3.63, 3.8) is 0 Å². The fourth-order valence-corrected chi connectivity index (χ4v) is 11.6. The maximum atomic E-state index is 2.45. The van der Waals surface area contributed by atoms with E-state index in [9.17, 15) is 0 Å². The zero-order valence-corrected chi connectivity index (χ0v) is 36.6. The SMILES string of the molecule is C(=Cc1ccc2c(c1)C1(c3ccccc3-c3ccccc31)c1cc(C=Cc3ccc(-n4c5ccccc5c5ccccc54)cc3)ccc1-2)c1ccc(-n2c3ccccc3c3ccccc32)cc1. The van der Waals surface area contributed by atoms with E-state index in [2.05, 4.69) is 264 Å². The average Bonchev–Trinajstić information content (AvgIpc) is 4.10. The Hall–Kier alpha value is -8.72. The summed E-state index contributed by atoms with van der Waals surface area (Å²) in [6, 6.07) is 85.0. The molecule has 1 spiro atoms. The van der Waals surface area contributed by atoms with E-state index in [4.69, 9.17) is 0 Å². The summed E-state index contributed by atoms with van der Waals surface area (Å²) in [6.45, 7) is 0. The van der Waals surface area contributed by atoms with E-state index in [1.54, 1.807) is 0 Å². The van der Waals surface area contributed by atoms with Crippen molar-refractivity contribution in [1.29, 1.82) is 0 Å². The number of hydrogen-bond acceptors (Lipinski definition) is 0. The molecule has 2 aromatic heterocycles. The molecule has 67 heavy (non-hydrogen) atoms. The van der Waals surface area contributed by atoms with E-state index in [1.807, 2.05) is 0 Å². The van der Waals surface area contributed by atoms with Gasteiger partial charge in [-0.15, -0.1) is 0 Å². The Kier molecular flexibility index (Phi) is 8.23. The lowest BCUT2D eigenvalue weighted by molar-refractivity contribution is 0.793. The van der Waals surface area contributed by atoms with Crippen LogP contribution in [0.25, 0.3) is 102 Å². The molecular weight excluding hydrogens is 809 g/mol. The molecule has 10 aromatic carbocycles. The number of fused-ring (bicyclic) bond motifs is 16. The maximum Gasteiger partial charge on any atom is 0.0725 e. The summed E-state index contributed by atoms with van der Waals surface area (Å²) in [5, 5.41) is 5.10. The Morgan fingerprint density at radius 1 is 0.254 bits per heavy atom. The predicted molar refractivity (Wildman–Crippen MR) is 282 cm³/mol. The van der Waals surface area contributed by atoms with Crippen LogP contribution in [0, 0.1) is 0 Å². The fourth-order valence-electron chi connectivity index (χ4n) is 11.6. The van der Waals surface area contributed by atoms with Crippen molar-refractivity contribution in [2.75, 3.05) is 0 Å². The number of rotatable bonds is 6. The molecule has 2 heteroatoms. The summed E-state index contributed by atoms with van der Waals surface area (Å²) in [5.41, 5.74) is 22.0. The molecule has 0 saturated carbocycles. The van der Waals surface area contributed by atoms with Crippen LogP contribution in [-0.4, -0.2) is 9.13 Å². The molecule has 2 nitrogen and oxygen atoms in total. The van der Waals surface area contributed by atoms with Crippen LogP contribution in [0.5, 0.6) is 0 Å². The minimum atomic E-state index is -0.445. The molecule has 0 bridgehead atoms. The van der Waals surface area contributed by atoms with Gasteiger partial charge >= 0.3 is 0 Å². The normalized spacial score (nSPS) is 13.4. The van der Waals surface area contributed by atoms with Crippen molar-refractivity contribution < 1.29 is 0 Å². The molecule has 2 aliphatic carbocycles. The third-order valence-corrected chi connectivity index (χ3v) is 14.5. The van der Waals surface area contributed by atoms with Crippen molar-refractivity contribution >= 4 is 67.9 Å². The van der Waals surface area contributed by atoms with E-state index in [-0.39, 0.29) is 0 Å². The molecule has 0 saturated heterocycles. The minimum absolute atomic E-state index is 0.445. The van der Waals surface area contributed by atoms with Crippen LogP contribution in [0.2, 0.25) is 0 Å². The second-order valence-electron chi connectivity index (χ2n) is 18.0. The molecule has 14 rings (SSSR count). The Morgan fingerprint density at radius 2 is 0.552 bits per heavy atom. The molecule has 0 atom stereocenters. The summed E-state index contributed by atoms with van der Waals surface area (Å²) >= 11 is 0. The highest BCUT2D eigenvalue weighted by atomic mass is 15.0. The molecule has 2 aliphatic rings. The van der Waals surface area contributed by atoms with E-state index in [1.165, 1.54) is 99.2 Å². The standard InChI is InChI=1S/C65H42N2/c1-7-19-57-49(13-1)50-14-2-8-20-58(50)65(57)59-41-45(27-25-43-29-35-47(36-30-43)66-61-21-9-3-15-53(61)54-16-4-10-22-62(54)66)33-39-51(59)52-40-34-46(42-60(52)65)28-26-44-31-37-48(38-32-44)67-63-23-11-5-17-55(63)56-18-6-12-24-64(56)67/h1-42H. The Balaban J connectivity index is 0.825. The zero-order valence-electron chi connectivity index (χ0n) is 36.6. The highest BCUT2D eigenvalue weighted by Crippen LogP contribution is 2.63. The predicted octanol–water partition coefficient (Wildman–Crippen LogP) is 16.6. The van der Waals surface area contributed by atoms with Gasteiger partial charge in [0.05, 0.1) is 27.5 Å². The molecule has 12 aromatic rings. The van der Waals surface area contributed by atoms with Gasteiger partial charge in [-0.05, 0) is 127 Å². The number of para-hydroxylation sites is 4. The first-order valence-corrected chi connectivity index (χ1v) is 23.2. The molecule has 0 fully saturated rings. The smallest absolute Gasteiger partial charge is 0.0725 e. The van der Waals surface area contributed by atoms with E-state index >= 15 is 0 Å². The van der Waals surface area contributed by atoms with Crippen LogP contribution < -0.4 is 0 Å². The van der Waals surface area contributed by atoms with Crippen LogP contribution in [-0.2, 0) is 5.41 Å². The highest BCUT2D eigenvalue weighted by molar-refractivity contribution is 6.10.